The predicted molar refractivity (Wildman–Crippen MR) is 105 cm³/mol. The fourth-order valence-electron chi connectivity index (χ4n) is 4.30. The number of rotatable bonds is 6. The predicted octanol–water partition coefficient (Wildman–Crippen LogP) is 2.25. The molecule has 27 heavy (non-hydrogen) atoms. The third-order valence-corrected chi connectivity index (χ3v) is 5.86. The minimum Gasteiger partial charge on any atom is -0.494 e. The zero-order chi connectivity index (χ0) is 19.3. The van der Waals surface area contributed by atoms with Crippen LogP contribution in [0.25, 0.3) is 0 Å². The van der Waals surface area contributed by atoms with Crippen LogP contribution in [0.2, 0.25) is 0 Å². The van der Waals surface area contributed by atoms with Gasteiger partial charge in [-0.15, -0.1) is 0 Å². The Morgan fingerprint density at radius 2 is 2.00 bits per heavy atom. The fourth-order valence-corrected chi connectivity index (χ4v) is 4.30. The van der Waals surface area contributed by atoms with Gasteiger partial charge in [-0.3, -0.25) is 9.59 Å². The molecule has 1 spiro atoms. The van der Waals surface area contributed by atoms with Gasteiger partial charge >= 0.3 is 0 Å². The van der Waals surface area contributed by atoms with Crippen molar-refractivity contribution in [1.29, 1.82) is 0 Å². The lowest BCUT2D eigenvalue weighted by atomic mass is 9.78. The lowest BCUT2D eigenvalue weighted by molar-refractivity contribution is -0.134. The lowest BCUT2D eigenvalue weighted by Gasteiger charge is -2.39. The monoisotopic (exact) mass is 373 g/mol. The molecule has 2 aliphatic rings. The fraction of sp³-hybridized carbons (Fsp3) is 0.619. The highest BCUT2D eigenvalue weighted by atomic mass is 16.5. The van der Waals surface area contributed by atoms with E-state index in [0.717, 1.165) is 50.3 Å². The molecular formula is C21H31N3O3. The first kappa shape index (κ1) is 19.7. The molecule has 1 aromatic carbocycles. The Morgan fingerprint density at radius 3 is 2.63 bits per heavy atom. The van der Waals surface area contributed by atoms with E-state index in [1.54, 1.807) is 0 Å². The summed E-state index contributed by atoms with van der Waals surface area (Å²) >= 11 is 0. The van der Waals surface area contributed by atoms with Crippen molar-refractivity contribution in [3.05, 3.63) is 29.8 Å². The van der Waals surface area contributed by atoms with Gasteiger partial charge < -0.3 is 20.3 Å². The number of likely N-dealkylation sites (tertiary alicyclic amines) is 1. The smallest absolute Gasteiger partial charge is 0.224 e. The lowest BCUT2D eigenvalue weighted by Crippen LogP contribution is -2.45. The summed E-state index contributed by atoms with van der Waals surface area (Å²) in [6, 6.07) is 7.25. The molecule has 1 aromatic rings. The molecule has 0 aliphatic carbocycles. The van der Waals surface area contributed by atoms with Gasteiger partial charge in [0.2, 0.25) is 11.8 Å². The van der Waals surface area contributed by atoms with Crippen molar-refractivity contribution in [3.63, 3.8) is 0 Å². The number of amides is 2. The molecule has 2 aliphatic heterocycles. The molecule has 1 unspecified atom stereocenters. The van der Waals surface area contributed by atoms with Crippen LogP contribution in [0.15, 0.2) is 24.3 Å². The van der Waals surface area contributed by atoms with Crippen molar-refractivity contribution in [2.75, 3.05) is 32.8 Å². The van der Waals surface area contributed by atoms with Gasteiger partial charge in [-0.2, -0.15) is 0 Å². The number of hydrogen-bond acceptors (Lipinski definition) is 4. The van der Waals surface area contributed by atoms with Gasteiger partial charge in [-0.1, -0.05) is 18.2 Å². The molecule has 3 rings (SSSR count). The molecule has 0 aromatic heterocycles. The van der Waals surface area contributed by atoms with Crippen LogP contribution in [0.1, 0.15) is 51.1 Å². The Hall–Kier alpha value is -2.08. The maximum absolute atomic E-state index is 13.0. The van der Waals surface area contributed by atoms with E-state index in [1.807, 2.05) is 36.1 Å². The van der Waals surface area contributed by atoms with E-state index in [-0.39, 0.29) is 24.3 Å². The molecule has 148 valence electrons. The van der Waals surface area contributed by atoms with Crippen molar-refractivity contribution in [3.8, 4) is 5.75 Å². The summed E-state index contributed by atoms with van der Waals surface area (Å²) in [7, 11) is 0. The number of nitrogens with zero attached hydrogens (tertiary/aromatic N) is 1. The molecule has 0 radical (unpaired) electrons. The van der Waals surface area contributed by atoms with E-state index >= 15 is 0 Å². The molecule has 6 nitrogen and oxygen atoms in total. The minimum absolute atomic E-state index is 0.0980. The molecule has 2 N–H and O–H groups in total. The largest absolute Gasteiger partial charge is 0.494 e. The average molecular weight is 373 g/mol. The van der Waals surface area contributed by atoms with Crippen molar-refractivity contribution in [2.24, 2.45) is 5.41 Å². The SMILES string of the molecule is CCOc1ccccc1C(CC(=O)N1CCC2(CCNC2)CC1)NC(C)=O. The van der Waals surface area contributed by atoms with E-state index in [1.165, 1.54) is 13.3 Å². The molecule has 1 atom stereocenters. The van der Waals surface area contributed by atoms with E-state index in [4.69, 9.17) is 4.74 Å². The van der Waals surface area contributed by atoms with Crippen molar-refractivity contribution in [2.45, 2.75) is 45.6 Å². The van der Waals surface area contributed by atoms with Gasteiger partial charge in [-0.25, -0.2) is 0 Å². The zero-order valence-corrected chi connectivity index (χ0v) is 16.4. The average Bonchev–Trinajstić information content (AvgIpc) is 3.10. The number of carbonyl (C=O) groups is 2. The third-order valence-electron chi connectivity index (χ3n) is 5.86. The van der Waals surface area contributed by atoms with Crippen LogP contribution < -0.4 is 15.4 Å². The number of benzene rings is 1. The topological polar surface area (TPSA) is 70.7 Å². The number of nitrogens with one attached hydrogen (secondary N) is 2. The van der Waals surface area contributed by atoms with Gasteiger partial charge in [0, 0.05) is 32.1 Å². The second kappa shape index (κ2) is 8.74. The molecule has 2 heterocycles. The molecule has 2 amide bonds. The van der Waals surface area contributed by atoms with Gasteiger partial charge in [0.25, 0.3) is 0 Å². The summed E-state index contributed by atoms with van der Waals surface area (Å²) in [5.74, 6) is 0.677. The van der Waals surface area contributed by atoms with Gasteiger partial charge in [-0.05, 0) is 44.2 Å². The third kappa shape index (κ3) is 4.80. The van der Waals surface area contributed by atoms with Crippen LogP contribution in [-0.4, -0.2) is 49.5 Å². The first-order chi connectivity index (χ1) is 13.0. The summed E-state index contributed by atoms with van der Waals surface area (Å²) in [4.78, 5) is 26.7. The Kier molecular flexibility index (Phi) is 6.37. The minimum atomic E-state index is -0.373. The van der Waals surface area contributed by atoms with Crippen LogP contribution in [0, 0.1) is 5.41 Å². The van der Waals surface area contributed by atoms with E-state index < -0.39 is 0 Å². The number of carbonyl (C=O) groups excluding carboxylic acids is 2. The molecule has 2 saturated heterocycles. The first-order valence-electron chi connectivity index (χ1n) is 10.0. The van der Waals surface area contributed by atoms with Crippen LogP contribution in [0.4, 0.5) is 0 Å². The van der Waals surface area contributed by atoms with Crippen LogP contribution in [0.5, 0.6) is 5.75 Å². The number of hydrogen-bond donors (Lipinski definition) is 2. The highest BCUT2D eigenvalue weighted by molar-refractivity contribution is 5.79. The second-order valence-corrected chi connectivity index (χ2v) is 7.74. The summed E-state index contributed by atoms with van der Waals surface area (Å²) in [6.45, 7) is 7.73. The quantitative estimate of drug-likeness (QED) is 0.802. The Balaban J connectivity index is 1.68. The highest BCUT2D eigenvalue weighted by Gasteiger charge is 2.38. The van der Waals surface area contributed by atoms with Crippen molar-refractivity contribution < 1.29 is 14.3 Å². The Bertz CT molecular complexity index is 660. The summed E-state index contributed by atoms with van der Waals surface area (Å²) in [6.07, 6.45) is 3.60. The molecule has 0 saturated carbocycles. The molecule has 2 fully saturated rings. The van der Waals surface area contributed by atoms with Gasteiger partial charge in [0.15, 0.2) is 0 Å². The van der Waals surface area contributed by atoms with E-state index in [2.05, 4.69) is 10.6 Å². The second-order valence-electron chi connectivity index (χ2n) is 7.74. The number of ether oxygens (including phenoxy) is 1. The van der Waals surface area contributed by atoms with Crippen LogP contribution >= 0.6 is 0 Å². The molecular weight excluding hydrogens is 342 g/mol. The van der Waals surface area contributed by atoms with Crippen LogP contribution in [0.3, 0.4) is 0 Å². The van der Waals surface area contributed by atoms with Crippen molar-refractivity contribution in [1.82, 2.24) is 15.5 Å². The Morgan fingerprint density at radius 1 is 1.26 bits per heavy atom. The number of para-hydroxylation sites is 1. The number of piperidine rings is 1. The summed E-state index contributed by atoms with van der Waals surface area (Å²) < 4.78 is 5.71. The highest BCUT2D eigenvalue weighted by Crippen LogP contribution is 2.37. The van der Waals surface area contributed by atoms with E-state index in [9.17, 15) is 9.59 Å². The Labute approximate surface area is 161 Å². The first-order valence-corrected chi connectivity index (χ1v) is 10.0. The van der Waals surface area contributed by atoms with Gasteiger partial charge in [0.1, 0.15) is 5.75 Å². The van der Waals surface area contributed by atoms with Crippen LogP contribution in [-0.2, 0) is 9.59 Å². The van der Waals surface area contributed by atoms with E-state index in [0.29, 0.717) is 12.0 Å². The maximum Gasteiger partial charge on any atom is 0.224 e. The summed E-state index contributed by atoms with van der Waals surface area (Å²) in [5.41, 5.74) is 1.24. The standard InChI is InChI=1S/C21H31N3O3/c1-3-27-19-7-5-4-6-17(19)18(23-16(2)25)14-20(26)24-12-9-21(10-13-24)8-11-22-15-21/h4-7,18,22H,3,8-15H2,1-2H3,(H,23,25). The molecule has 6 heteroatoms. The molecule has 0 bridgehead atoms. The maximum atomic E-state index is 13.0. The normalized spacial score (nSPS) is 19.7. The van der Waals surface area contributed by atoms with Crippen molar-refractivity contribution >= 4 is 11.8 Å². The van der Waals surface area contributed by atoms with Gasteiger partial charge in [0.05, 0.1) is 19.1 Å². The summed E-state index contributed by atoms with van der Waals surface area (Å²) in [5, 5.41) is 6.39. The zero-order valence-electron chi connectivity index (χ0n) is 16.4.